The molecule has 1 aliphatic carbocycles. The second-order valence-electron chi connectivity index (χ2n) is 4.89. The highest BCUT2D eigenvalue weighted by atomic mass is 19.4. The van der Waals surface area contributed by atoms with Gasteiger partial charge in [-0.3, -0.25) is 4.79 Å². The van der Waals surface area contributed by atoms with Crippen LogP contribution in [0.1, 0.15) is 36.5 Å². The minimum atomic E-state index is -4.40. The Labute approximate surface area is 114 Å². The van der Waals surface area contributed by atoms with Crippen LogP contribution in [0.4, 0.5) is 19.0 Å². The van der Waals surface area contributed by atoms with Crippen molar-refractivity contribution in [1.82, 2.24) is 10.3 Å². The van der Waals surface area contributed by atoms with Crippen LogP contribution in [0.5, 0.6) is 0 Å². The van der Waals surface area contributed by atoms with E-state index in [9.17, 15) is 18.0 Å². The predicted molar refractivity (Wildman–Crippen MR) is 68.5 cm³/mol. The summed E-state index contributed by atoms with van der Waals surface area (Å²) in [6.45, 7) is 2.66. The molecule has 2 rings (SSSR count). The highest BCUT2D eigenvalue weighted by molar-refractivity contribution is 5.95. The molecular formula is C13H16F3N3O. The molecule has 7 heteroatoms. The quantitative estimate of drug-likeness (QED) is 0.875. The van der Waals surface area contributed by atoms with Crippen molar-refractivity contribution < 1.29 is 18.0 Å². The van der Waals surface area contributed by atoms with E-state index in [1.54, 1.807) is 0 Å². The summed E-state index contributed by atoms with van der Waals surface area (Å²) < 4.78 is 38.3. The first kappa shape index (κ1) is 14.6. The lowest BCUT2D eigenvalue weighted by Crippen LogP contribution is -2.47. The summed E-state index contributed by atoms with van der Waals surface area (Å²) in [5, 5.41) is 5.07. The molecular weight excluding hydrogens is 271 g/mol. The minimum Gasteiger partial charge on any atom is -0.370 e. The van der Waals surface area contributed by atoms with E-state index in [2.05, 4.69) is 15.6 Å². The largest absolute Gasteiger partial charge is 0.411 e. The first-order valence-corrected chi connectivity index (χ1v) is 6.47. The first-order chi connectivity index (χ1) is 9.38. The molecule has 0 radical (unpaired) electrons. The number of carbonyl (C=O) groups is 1. The number of pyridine rings is 1. The molecule has 4 nitrogen and oxygen atoms in total. The van der Waals surface area contributed by atoms with Crippen LogP contribution in [0.25, 0.3) is 0 Å². The van der Waals surface area contributed by atoms with E-state index in [0.29, 0.717) is 12.4 Å². The number of aromatic nitrogens is 1. The highest BCUT2D eigenvalue weighted by Crippen LogP contribution is 2.49. The third kappa shape index (κ3) is 3.02. The van der Waals surface area contributed by atoms with Crippen molar-refractivity contribution in [2.24, 2.45) is 0 Å². The number of halogens is 3. The molecule has 0 atom stereocenters. The van der Waals surface area contributed by atoms with E-state index in [1.807, 2.05) is 6.92 Å². The summed E-state index contributed by atoms with van der Waals surface area (Å²) in [5.41, 5.74) is -1.86. The zero-order valence-corrected chi connectivity index (χ0v) is 11.0. The van der Waals surface area contributed by atoms with Gasteiger partial charge < -0.3 is 10.6 Å². The van der Waals surface area contributed by atoms with Gasteiger partial charge in [0.2, 0.25) is 0 Å². The average Bonchev–Trinajstić information content (AvgIpc) is 3.17. The van der Waals surface area contributed by atoms with Crippen LogP contribution in [0, 0.1) is 0 Å². The molecule has 1 aromatic heterocycles. The Balaban J connectivity index is 2.06. The van der Waals surface area contributed by atoms with Gasteiger partial charge in [0.15, 0.2) is 0 Å². The lowest BCUT2D eigenvalue weighted by Gasteiger charge is -2.20. The van der Waals surface area contributed by atoms with Gasteiger partial charge in [0.1, 0.15) is 11.4 Å². The molecule has 2 N–H and O–H groups in total. The van der Waals surface area contributed by atoms with Crippen molar-refractivity contribution in [1.29, 1.82) is 0 Å². The van der Waals surface area contributed by atoms with Crippen LogP contribution in [0.15, 0.2) is 18.3 Å². The molecule has 1 aromatic rings. The monoisotopic (exact) mass is 287 g/mol. The molecule has 1 saturated carbocycles. The summed E-state index contributed by atoms with van der Waals surface area (Å²) >= 11 is 0. The Morgan fingerprint density at radius 2 is 2.15 bits per heavy atom. The molecule has 0 aliphatic heterocycles. The Bertz CT molecular complexity index is 498. The van der Waals surface area contributed by atoms with Gasteiger partial charge >= 0.3 is 6.18 Å². The summed E-state index contributed by atoms with van der Waals surface area (Å²) in [6.07, 6.45) is -2.24. The zero-order valence-electron chi connectivity index (χ0n) is 11.0. The van der Waals surface area contributed by atoms with Crippen molar-refractivity contribution in [3.8, 4) is 0 Å². The molecule has 1 heterocycles. The zero-order chi connectivity index (χ0) is 14.8. The number of nitrogens with one attached hydrogen (secondary N) is 2. The standard InChI is InChI=1S/C13H16F3N3O/c1-2-6-17-10-8-9(3-7-18-10)11(20)19-12(4-5-12)13(14,15)16/h3,7-8H,2,4-6H2,1H3,(H,17,18)(H,19,20). The average molecular weight is 287 g/mol. The van der Waals surface area contributed by atoms with Crippen LogP contribution in [0.3, 0.4) is 0 Å². The third-order valence-corrected chi connectivity index (χ3v) is 3.22. The topological polar surface area (TPSA) is 54.0 Å². The fraction of sp³-hybridized carbons (Fsp3) is 0.538. The van der Waals surface area contributed by atoms with Gasteiger partial charge in [-0.25, -0.2) is 4.98 Å². The van der Waals surface area contributed by atoms with Crippen LogP contribution in [-0.2, 0) is 0 Å². The van der Waals surface area contributed by atoms with E-state index >= 15 is 0 Å². The highest BCUT2D eigenvalue weighted by Gasteiger charge is 2.64. The number of hydrogen-bond acceptors (Lipinski definition) is 3. The number of anilines is 1. The second kappa shape index (κ2) is 5.30. The lowest BCUT2D eigenvalue weighted by atomic mass is 10.2. The summed E-state index contributed by atoms with van der Waals surface area (Å²) in [5.74, 6) is -0.238. The van der Waals surface area contributed by atoms with E-state index < -0.39 is 17.6 Å². The van der Waals surface area contributed by atoms with E-state index in [1.165, 1.54) is 18.3 Å². The van der Waals surface area contributed by atoms with Crippen molar-refractivity contribution >= 4 is 11.7 Å². The molecule has 0 bridgehead atoms. The van der Waals surface area contributed by atoms with Gasteiger partial charge in [-0.2, -0.15) is 13.2 Å². The number of carbonyl (C=O) groups excluding carboxylic acids is 1. The maximum absolute atomic E-state index is 12.8. The number of alkyl halides is 3. The van der Waals surface area contributed by atoms with E-state index in [0.717, 1.165) is 6.42 Å². The van der Waals surface area contributed by atoms with Crippen LogP contribution < -0.4 is 10.6 Å². The molecule has 110 valence electrons. The molecule has 0 spiro atoms. The Hall–Kier alpha value is -1.79. The summed E-state index contributed by atoms with van der Waals surface area (Å²) in [4.78, 5) is 15.9. The van der Waals surface area contributed by atoms with Gasteiger partial charge in [-0.1, -0.05) is 6.92 Å². The van der Waals surface area contributed by atoms with Crippen molar-refractivity contribution in [3.05, 3.63) is 23.9 Å². The second-order valence-corrected chi connectivity index (χ2v) is 4.89. The number of nitrogens with zero attached hydrogens (tertiary/aromatic N) is 1. The van der Waals surface area contributed by atoms with Crippen molar-refractivity contribution in [2.75, 3.05) is 11.9 Å². The Morgan fingerprint density at radius 1 is 1.45 bits per heavy atom. The lowest BCUT2D eigenvalue weighted by molar-refractivity contribution is -0.163. The van der Waals surface area contributed by atoms with Crippen molar-refractivity contribution in [2.45, 2.75) is 37.9 Å². The van der Waals surface area contributed by atoms with Gasteiger partial charge in [-0.05, 0) is 31.4 Å². The maximum Gasteiger partial charge on any atom is 0.411 e. The number of hydrogen-bond donors (Lipinski definition) is 2. The normalized spacial score (nSPS) is 16.6. The third-order valence-electron chi connectivity index (χ3n) is 3.22. The van der Waals surface area contributed by atoms with Gasteiger partial charge in [0, 0.05) is 18.3 Å². The van der Waals surface area contributed by atoms with E-state index in [4.69, 9.17) is 0 Å². The molecule has 0 saturated heterocycles. The Morgan fingerprint density at radius 3 is 2.70 bits per heavy atom. The summed E-state index contributed by atoms with van der Waals surface area (Å²) in [6, 6.07) is 2.86. The van der Waals surface area contributed by atoms with Gasteiger partial charge in [0.25, 0.3) is 5.91 Å². The SMILES string of the molecule is CCCNc1cc(C(=O)NC2(C(F)(F)F)CC2)ccn1. The van der Waals surface area contributed by atoms with E-state index in [-0.39, 0.29) is 18.4 Å². The van der Waals surface area contributed by atoms with Crippen LogP contribution in [0.2, 0.25) is 0 Å². The van der Waals surface area contributed by atoms with Crippen molar-refractivity contribution in [3.63, 3.8) is 0 Å². The molecule has 1 amide bonds. The smallest absolute Gasteiger partial charge is 0.370 e. The van der Waals surface area contributed by atoms with Crippen LogP contribution in [-0.4, -0.2) is 29.2 Å². The van der Waals surface area contributed by atoms with Gasteiger partial charge in [-0.15, -0.1) is 0 Å². The minimum absolute atomic E-state index is 0.0612. The predicted octanol–water partition coefficient (Wildman–Crippen LogP) is 2.73. The fourth-order valence-electron chi connectivity index (χ4n) is 1.82. The number of rotatable bonds is 5. The molecule has 1 fully saturated rings. The molecule has 1 aliphatic rings. The Kier molecular flexibility index (Phi) is 3.87. The fourth-order valence-corrected chi connectivity index (χ4v) is 1.82. The molecule has 0 unspecified atom stereocenters. The maximum atomic E-state index is 12.8. The van der Waals surface area contributed by atoms with Gasteiger partial charge in [0.05, 0.1) is 0 Å². The van der Waals surface area contributed by atoms with Crippen LogP contribution >= 0.6 is 0 Å². The molecule has 20 heavy (non-hydrogen) atoms. The summed E-state index contributed by atoms with van der Waals surface area (Å²) in [7, 11) is 0. The first-order valence-electron chi connectivity index (χ1n) is 6.47. The number of amides is 1. The molecule has 0 aromatic carbocycles.